The molecule has 1 aliphatic carbocycles. The zero-order valence-electron chi connectivity index (χ0n) is 13.0. The van der Waals surface area contributed by atoms with Crippen LogP contribution in [0.1, 0.15) is 38.7 Å². The fourth-order valence-electron chi connectivity index (χ4n) is 3.76. The van der Waals surface area contributed by atoms with Gasteiger partial charge in [-0.3, -0.25) is 0 Å². The van der Waals surface area contributed by atoms with E-state index in [9.17, 15) is 0 Å². The Morgan fingerprint density at radius 2 is 1.62 bits per heavy atom. The van der Waals surface area contributed by atoms with Gasteiger partial charge in [-0.2, -0.15) is 0 Å². The summed E-state index contributed by atoms with van der Waals surface area (Å²) in [6.45, 7) is 5.24. The second-order valence-electron chi connectivity index (χ2n) is 6.63. The molecule has 2 aromatic rings. The Bertz CT molecular complexity index is 612. The highest BCUT2D eigenvalue weighted by atomic mass is 16.5. The van der Waals surface area contributed by atoms with Gasteiger partial charge in [0.25, 0.3) is 0 Å². The van der Waals surface area contributed by atoms with Crippen molar-refractivity contribution in [3.8, 4) is 5.75 Å². The average molecular weight is 283 g/mol. The first-order valence-corrected chi connectivity index (χ1v) is 8.04. The summed E-state index contributed by atoms with van der Waals surface area (Å²) in [6.07, 6.45) is 4.00. The van der Waals surface area contributed by atoms with E-state index in [0.29, 0.717) is 12.6 Å². The fraction of sp³-hybridized carbons (Fsp3) is 0.474. The van der Waals surface area contributed by atoms with Crippen molar-refractivity contribution in [3.05, 3.63) is 42.0 Å². The van der Waals surface area contributed by atoms with E-state index in [2.05, 4.69) is 50.2 Å². The highest BCUT2D eigenvalue weighted by Crippen LogP contribution is 2.34. The monoisotopic (exact) mass is 283 g/mol. The highest BCUT2D eigenvalue weighted by molar-refractivity contribution is 5.91. The number of fused-ring (bicyclic) bond motifs is 1. The van der Waals surface area contributed by atoms with Crippen LogP contribution in [0.25, 0.3) is 10.8 Å². The summed E-state index contributed by atoms with van der Waals surface area (Å²) in [6, 6.07) is 12.6. The van der Waals surface area contributed by atoms with Gasteiger partial charge in [0.15, 0.2) is 0 Å². The molecule has 2 atom stereocenters. The predicted molar refractivity (Wildman–Crippen MR) is 88.4 cm³/mol. The van der Waals surface area contributed by atoms with Crippen LogP contribution < -0.4 is 10.5 Å². The van der Waals surface area contributed by atoms with Crippen LogP contribution in [-0.2, 0) is 6.54 Å². The number of hydrogen-bond acceptors (Lipinski definition) is 2. The van der Waals surface area contributed by atoms with E-state index in [1.807, 2.05) is 0 Å². The van der Waals surface area contributed by atoms with E-state index in [4.69, 9.17) is 10.5 Å². The van der Waals surface area contributed by atoms with Crippen molar-refractivity contribution < 1.29 is 4.74 Å². The quantitative estimate of drug-likeness (QED) is 0.900. The molecule has 2 heteroatoms. The second kappa shape index (κ2) is 6.07. The molecule has 1 aliphatic rings. The first kappa shape index (κ1) is 14.4. The summed E-state index contributed by atoms with van der Waals surface area (Å²) in [4.78, 5) is 0. The molecule has 0 amide bonds. The van der Waals surface area contributed by atoms with Crippen molar-refractivity contribution in [2.45, 2.75) is 45.8 Å². The average Bonchev–Trinajstić information content (AvgIpc) is 2.46. The van der Waals surface area contributed by atoms with Crippen LogP contribution in [0.4, 0.5) is 0 Å². The Morgan fingerprint density at radius 1 is 0.952 bits per heavy atom. The molecule has 0 radical (unpaired) electrons. The lowest BCUT2D eigenvalue weighted by molar-refractivity contribution is 0.102. The zero-order valence-corrected chi connectivity index (χ0v) is 13.0. The molecule has 0 aliphatic heterocycles. The first-order valence-electron chi connectivity index (χ1n) is 8.04. The van der Waals surface area contributed by atoms with Crippen LogP contribution in [0.5, 0.6) is 5.75 Å². The van der Waals surface area contributed by atoms with Gasteiger partial charge in [0.2, 0.25) is 0 Å². The molecule has 0 bridgehead atoms. The molecule has 112 valence electrons. The van der Waals surface area contributed by atoms with Crippen LogP contribution in [0.3, 0.4) is 0 Å². The predicted octanol–water partition coefficient (Wildman–Crippen LogP) is 4.50. The van der Waals surface area contributed by atoms with Gasteiger partial charge in [-0.05, 0) is 48.1 Å². The summed E-state index contributed by atoms with van der Waals surface area (Å²) in [5.41, 5.74) is 7.03. The Labute approximate surface area is 127 Å². The van der Waals surface area contributed by atoms with Crippen molar-refractivity contribution in [2.75, 3.05) is 0 Å². The molecule has 2 nitrogen and oxygen atoms in total. The minimum Gasteiger partial charge on any atom is -0.490 e. The second-order valence-corrected chi connectivity index (χ2v) is 6.63. The maximum Gasteiger partial charge on any atom is 0.127 e. The topological polar surface area (TPSA) is 35.2 Å². The molecule has 0 saturated heterocycles. The molecule has 1 saturated carbocycles. The molecule has 2 aromatic carbocycles. The third-order valence-corrected chi connectivity index (χ3v) is 4.62. The van der Waals surface area contributed by atoms with E-state index in [-0.39, 0.29) is 0 Å². The lowest BCUT2D eigenvalue weighted by atomic mass is 9.82. The fourth-order valence-corrected chi connectivity index (χ4v) is 3.76. The van der Waals surface area contributed by atoms with E-state index in [1.54, 1.807) is 0 Å². The van der Waals surface area contributed by atoms with Crippen LogP contribution in [0.2, 0.25) is 0 Å². The van der Waals surface area contributed by atoms with E-state index >= 15 is 0 Å². The van der Waals surface area contributed by atoms with Gasteiger partial charge in [-0.15, -0.1) is 0 Å². The largest absolute Gasteiger partial charge is 0.490 e. The van der Waals surface area contributed by atoms with Gasteiger partial charge in [0.1, 0.15) is 5.75 Å². The Balaban J connectivity index is 1.90. The number of benzene rings is 2. The van der Waals surface area contributed by atoms with Crippen LogP contribution in [0.15, 0.2) is 36.4 Å². The molecule has 0 aromatic heterocycles. The van der Waals surface area contributed by atoms with E-state index in [0.717, 1.165) is 30.4 Å². The van der Waals surface area contributed by atoms with Gasteiger partial charge < -0.3 is 10.5 Å². The van der Waals surface area contributed by atoms with Crippen molar-refractivity contribution in [3.63, 3.8) is 0 Å². The minimum atomic E-state index is 0.343. The van der Waals surface area contributed by atoms with Crippen molar-refractivity contribution in [2.24, 2.45) is 17.6 Å². The molecule has 1 fully saturated rings. The van der Waals surface area contributed by atoms with Crippen LogP contribution >= 0.6 is 0 Å². The Morgan fingerprint density at radius 3 is 2.29 bits per heavy atom. The van der Waals surface area contributed by atoms with Crippen molar-refractivity contribution in [1.82, 2.24) is 0 Å². The third-order valence-electron chi connectivity index (χ3n) is 4.62. The third kappa shape index (κ3) is 3.06. The van der Waals surface area contributed by atoms with Gasteiger partial charge >= 0.3 is 0 Å². The number of nitrogens with two attached hydrogens (primary N) is 1. The van der Waals surface area contributed by atoms with E-state index < -0.39 is 0 Å². The summed E-state index contributed by atoms with van der Waals surface area (Å²) < 4.78 is 6.37. The van der Waals surface area contributed by atoms with Gasteiger partial charge in [-0.25, -0.2) is 0 Å². The van der Waals surface area contributed by atoms with Crippen molar-refractivity contribution >= 4 is 10.8 Å². The number of hydrogen-bond donors (Lipinski definition) is 1. The molecule has 2 unspecified atom stereocenters. The highest BCUT2D eigenvalue weighted by Gasteiger charge is 2.25. The van der Waals surface area contributed by atoms with Crippen molar-refractivity contribution in [1.29, 1.82) is 0 Å². The van der Waals surface area contributed by atoms with Gasteiger partial charge in [0, 0.05) is 11.9 Å². The van der Waals surface area contributed by atoms with Gasteiger partial charge in [-0.1, -0.05) is 44.2 Å². The lowest BCUT2D eigenvalue weighted by Crippen LogP contribution is -2.28. The molecule has 3 rings (SSSR count). The molecule has 21 heavy (non-hydrogen) atoms. The van der Waals surface area contributed by atoms with Crippen LogP contribution in [0, 0.1) is 11.8 Å². The first-order chi connectivity index (χ1) is 10.2. The lowest BCUT2D eigenvalue weighted by Gasteiger charge is -2.32. The number of ether oxygens (including phenoxy) is 1. The van der Waals surface area contributed by atoms with E-state index in [1.165, 1.54) is 22.8 Å². The molecular weight excluding hydrogens is 258 g/mol. The SMILES string of the molecule is CC1CC(C)CC(Oc2ccc(CN)c3ccccc23)C1. The molecule has 0 spiro atoms. The minimum absolute atomic E-state index is 0.343. The summed E-state index contributed by atoms with van der Waals surface area (Å²) >= 11 is 0. The Kier molecular flexibility index (Phi) is 4.16. The summed E-state index contributed by atoms with van der Waals surface area (Å²) in [5, 5.41) is 2.40. The maximum absolute atomic E-state index is 6.37. The Hall–Kier alpha value is -1.54. The maximum atomic E-state index is 6.37. The molecule has 2 N–H and O–H groups in total. The standard InChI is InChI=1S/C19H25NO/c1-13-9-14(2)11-16(10-13)21-19-8-7-15(12-20)17-5-3-4-6-18(17)19/h3-8,13-14,16H,9-12,20H2,1-2H3. The summed E-state index contributed by atoms with van der Waals surface area (Å²) in [5.74, 6) is 2.52. The normalized spacial score (nSPS) is 26.0. The van der Waals surface area contributed by atoms with Gasteiger partial charge in [0.05, 0.1) is 6.10 Å². The van der Waals surface area contributed by atoms with Crippen LogP contribution in [-0.4, -0.2) is 6.10 Å². The number of rotatable bonds is 3. The summed E-state index contributed by atoms with van der Waals surface area (Å²) in [7, 11) is 0. The smallest absolute Gasteiger partial charge is 0.127 e. The molecule has 0 heterocycles. The molecular formula is C19H25NO. The zero-order chi connectivity index (χ0) is 14.8.